The fourth-order valence-electron chi connectivity index (χ4n) is 3.36. The van der Waals surface area contributed by atoms with Gasteiger partial charge in [-0.05, 0) is 75.8 Å². The Balaban J connectivity index is 1.81. The number of hydrogen-bond acceptors (Lipinski definition) is 1. The lowest BCUT2D eigenvalue weighted by atomic mass is 9.81. The third kappa shape index (κ3) is 5.19. The molecule has 1 saturated carbocycles. The van der Waals surface area contributed by atoms with E-state index >= 15 is 0 Å². The van der Waals surface area contributed by atoms with Crippen LogP contribution in [0.3, 0.4) is 0 Å². The fraction of sp³-hybridized carbons (Fsp3) is 0.524. The summed E-state index contributed by atoms with van der Waals surface area (Å²) in [5.41, 5.74) is 0.414. The van der Waals surface area contributed by atoms with Crippen molar-refractivity contribution < 1.29 is 13.5 Å². The lowest BCUT2D eigenvalue weighted by Crippen LogP contribution is -2.11. The zero-order valence-corrected chi connectivity index (χ0v) is 14.7. The molecule has 0 aliphatic heterocycles. The highest BCUT2D eigenvalue weighted by Gasteiger charge is 2.17. The zero-order valence-electron chi connectivity index (χ0n) is 14.7. The molecule has 0 unspecified atom stereocenters. The van der Waals surface area contributed by atoms with Crippen molar-refractivity contribution in [2.45, 2.75) is 52.4 Å². The lowest BCUT2D eigenvalue weighted by molar-refractivity contribution is 0.313. The van der Waals surface area contributed by atoms with Gasteiger partial charge in [0, 0.05) is 0 Å². The van der Waals surface area contributed by atoms with Crippen LogP contribution in [0.4, 0.5) is 8.78 Å². The van der Waals surface area contributed by atoms with Crippen LogP contribution >= 0.6 is 0 Å². The molecule has 0 heterocycles. The molecule has 0 N–H and O–H groups in total. The molecule has 0 bridgehead atoms. The van der Waals surface area contributed by atoms with E-state index in [9.17, 15) is 8.78 Å². The van der Waals surface area contributed by atoms with Gasteiger partial charge in [0.25, 0.3) is 0 Å². The molecule has 0 amide bonds. The first kappa shape index (κ1) is 18.7. The van der Waals surface area contributed by atoms with Crippen molar-refractivity contribution >= 4 is 0 Å². The van der Waals surface area contributed by atoms with E-state index in [-0.39, 0.29) is 5.75 Å². The molecular formula is C21H28F2O. The van der Waals surface area contributed by atoms with E-state index < -0.39 is 11.6 Å². The van der Waals surface area contributed by atoms with Gasteiger partial charge in [-0.25, -0.2) is 4.39 Å². The molecule has 0 spiro atoms. The molecule has 132 valence electrons. The molecule has 24 heavy (non-hydrogen) atoms. The normalized spacial score (nSPS) is 21.7. The predicted octanol–water partition coefficient (Wildman–Crippen LogP) is 6.23. The van der Waals surface area contributed by atoms with Crippen molar-refractivity contribution in [3.05, 3.63) is 53.6 Å². The fourth-order valence-corrected chi connectivity index (χ4v) is 3.36. The Bertz CT molecular complexity index is 569. The summed E-state index contributed by atoms with van der Waals surface area (Å²) in [6.07, 6.45) is 15.0. The third-order valence-corrected chi connectivity index (χ3v) is 4.70. The van der Waals surface area contributed by atoms with Gasteiger partial charge in [0.15, 0.2) is 11.6 Å². The van der Waals surface area contributed by atoms with Gasteiger partial charge < -0.3 is 4.74 Å². The number of rotatable bonds is 7. The van der Waals surface area contributed by atoms with Crippen LogP contribution in [0, 0.1) is 23.5 Å². The minimum absolute atomic E-state index is 0.00724. The molecule has 1 aromatic rings. The highest BCUT2D eigenvalue weighted by molar-refractivity contribution is 5.31. The van der Waals surface area contributed by atoms with Crippen LogP contribution in [0.15, 0.2) is 36.4 Å². The number of benzene rings is 1. The van der Waals surface area contributed by atoms with Gasteiger partial charge in [0.1, 0.15) is 0 Å². The molecule has 0 aromatic heterocycles. The number of allylic oxidation sites excluding steroid dienone is 4. The van der Waals surface area contributed by atoms with Gasteiger partial charge in [-0.3, -0.25) is 0 Å². The van der Waals surface area contributed by atoms with Gasteiger partial charge in [-0.15, -0.1) is 0 Å². The molecule has 1 nitrogen and oxygen atoms in total. The average molecular weight is 334 g/mol. The van der Waals surface area contributed by atoms with E-state index in [1.807, 2.05) is 0 Å². The molecule has 0 saturated heterocycles. The summed E-state index contributed by atoms with van der Waals surface area (Å²) >= 11 is 0. The van der Waals surface area contributed by atoms with Crippen LogP contribution in [0.1, 0.15) is 51.5 Å². The van der Waals surface area contributed by atoms with E-state index in [2.05, 4.69) is 31.2 Å². The molecule has 1 aromatic carbocycles. The van der Waals surface area contributed by atoms with E-state index in [4.69, 9.17) is 4.74 Å². The first-order valence-electron chi connectivity index (χ1n) is 9.04. The van der Waals surface area contributed by atoms with Crippen LogP contribution in [0.2, 0.25) is 0 Å². The van der Waals surface area contributed by atoms with Crippen molar-refractivity contribution in [1.82, 2.24) is 0 Å². The Morgan fingerprint density at radius 2 is 1.71 bits per heavy atom. The molecule has 0 radical (unpaired) electrons. The summed E-state index contributed by atoms with van der Waals surface area (Å²) in [4.78, 5) is 0. The van der Waals surface area contributed by atoms with Gasteiger partial charge in [0.05, 0.1) is 6.61 Å². The summed E-state index contributed by atoms with van der Waals surface area (Å²) in [6, 6.07) is 3.14. The van der Waals surface area contributed by atoms with Crippen molar-refractivity contribution in [3.8, 4) is 5.75 Å². The van der Waals surface area contributed by atoms with Crippen molar-refractivity contribution in [3.63, 3.8) is 0 Å². The number of ether oxygens (including phenoxy) is 1. The molecule has 2 rings (SSSR count). The predicted molar refractivity (Wildman–Crippen MR) is 95.3 cm³/mol. The number of halogens is 2. The Kier molecular flexibility index (Phi) is 7.48. The van der Waals surface area contributed by atoms with Gasteiger partial charge in [-0.1, -0.05) is 30.4 Å². The lowest BCUT2D eigenvalue weighted by Gasteiger charge is -2.24. The molecule has 0 atom stereocenters. The monoisotopic (exact) mass is 334 g/mol. The maximum Gasteiger partial charge on any atom is 0.200 e. The van der Waals surface area contributed by atoms with Gasteiger partial charge >= 0.3 is 0 Å². The molecular weight excluding hydrogens is 306 g/mol. The van der Waals surface area contributed by atoms with Crippen LogP contribution in [-0.2, 0) is 6.42 Å². The second-order valence-corrected chi connectivity index (χ2v) is 6.45. The first-order valence-corrected chi connectivity index (χ1v) is 9.04. The maximum absolute atomic E-state index is 14.0. The minimum Gasteiger partial charge on any atom is -0.491 e. The maximum atomic E-state index is 14.0. The van der Waals surface area contributed by atoms with Crippen molar-refractivity contribution in [2.24, 2.45) is 11.8 Å². The Morgan fingerprint density at radius 1 is 1.04 bits per heavy atom. The minimum atomic E-state index is -0.874. The molecule has 1 aliphatic carbocycles. The summed E-state index contributed by atoms with van der Waals surface area (Å²) in [6.45, 7) is 4.16. The number of hydrogen-bond donors (Lipinski definition) is 0. The highest BCUT2D eigenvalue weighted by atomic mass is 19.2. The summed E-state index contributed by atoms with van der Waals surface area (Å²) in [5.74, 6) is -0.289. The van der Waals surface area contributed by atoms with Gasteiger partial charge in [0.2, 0.25) is 5.82 Å². The highest BCUT2D eigenvalue weighted by Crippen LogP contribution is 2.30. The van der Waals surface area contributed by atoms with E-state index in [1.54, 1.807) is 13.0 Å². The van der Waals surface area contributed by atoms with Crippen LogP contribution in [0.25, 0.3) is 0 Å². The third-order valence-electron chi connectivity index (χ3n) is 4.70. The van der Waals surface area contributed by atoms with Crippen LogP contribution in [0.5, 0.6) is 5.75 Å². The van der Waals surface area contributed by atoms with Crippen molar-refractivity contribution in [1.29, 1.82) is 0 Å². The smallest absolute Gasteiger partial charge is 0.200 e. The Hall–Kier alpha value is -1.64. The van der Waals surface area contributed by atoms with Crippen molar-refractivity contribution in [2.75, 3.05) is 6.61 Å². The number of aryl methyl sites for hydroxylation is 1. The second-order valence-electron chi connectivity index (χ2n) is 6.45. The SMILES string of the molecule is C/C=C/C1CCC(/C=C/CCc2ccc(OCC)c(F)c2F)CC1. The molecule has 1 fully saturated rings. The quantitative estimate of drug-likeness (QED) is 0.537. The zero-order chi connectivity index (χ0) is 17.4. The first-order chi connectivity index (χ1) is 11.7. The van der Waals surface area contributed by atoms with E-state index in [0.717, 1.165) is 12.3 Å². The Labute approximate surface area is 144 Å². The summed E-state index contributed by atoms with van der Waals surface area (Å²) in [7, 11) is 0. The summed E-state index contributed by atoms with van der Waals surface area (Å²) in [5, 5.41) is 0. The Morgan fingerprint density at radius 3 is 2.33 bits per heavy atom. The van der Waals surface area contributed by atoms with E-state index in [1.165, 1.54) is 31.7 Å². The standard InChI is InChI=1S/C21H28F2O/c1-3-7-16-10-12-17(13-11-16)8-5-6-9-18-14-15-19(24-4-2)21(23)20(18)22/h3,5,7-8,14-17H,4,6,9-13H2,1-2H3/b7-3+,8-5+. The second kappa shape index (κ2) is 9.61. The summed E-state index contributed by atoms with van der Waals surface area (Å²) < 4.78 is 32.9. The van der Waals surface area contributed by atoms with Crippen LogP contribution < -0.4 is 4.74 Å². The average Bonchev–Trinajstić information content (AvgIpc) is 2.59. The van der Waals surface area contributed by atoms with E-state index in [0.29, 0.717) is 24.5 Å². The largest absolute Gasteiger partial charge is 0.491 e. The molecule has 1 aliphatic rings. The van der Waals surface area contributed by atoms with Gasteiger partial charge in [-0.2, -0.15) is 4.39 Å². The molecule has 3 heteroatoms. The van der Waals surface area contributed by atoms with Crippen LogP contribution in [-0.4, -0.2) is 6.61 Å². The topological polar surface area (TPSA) is 9.23 Å².